The third-order valence-corrected chi connectivity index (χ3v) is 0.152. The van der Waals surface area contributed by atoms with Gasteiger partial charge in [0.25, 0.3) is 0 Å². The van der Waals surface area contributed by atoms with Gasteiger partial charge in [-0.05, 0) is 0 Å². The summed E-state index contributed by atoms with van der Waals surface area (Å²) in [6.45, 7) is -2.23. The highest BCUT2D eigenvalue weighted by molar-refractivity contribution is 5.85. The number of alkyl halides is 4. The topological polar surface area (TPSA) is 0 Å². The second-order valence-corrected chi connectivity index (χ2v) is 0.749. The monoisotopic (exact) mass is 174 g/mol. The molecular formula is C2H4Cl2F4. The zero-order chi connectivity index (χ0) is 5.21. The van der Waals surface area contributed by atoms with Crippen molar-refractivity contribution in [2.24, 2.45) is 0 Å². The van der Waals surface area contributed by atoms with Gasteiger partial charge in [0.1, 0.15) is 0 Å². The van der Waals surface area contributed by atoms with Gasteiger partial charge in [-0.3, -0.25) is 0 Å². The van der Waals surface area contributed by atoms with Gasteiger partial charge in [0.05, 0.1) is 0 Å². The molecule has 54 valence electrons. The summed E-state index contributed by atoms with van der Waals surface area (Å²) in [6, 6.07) is 0. The Morgan fingerprint density at radius 2 is 1.12 bits per heavy atom. The molecule has 0 rings (SSSR count). The molecule has 0 aliphatic heterocycles. The molecule has 8 heavy (non-hydrogen) atoms. The van der Waals surface area contributed by atoms with Crippen molar-refractivity contribution in [2.45, 2.75) is 6.18 Å². The molecular weight excluding hydrogens is 171 g/mol. The number of hydrogen-bond donors (Lipinski definition) is 0. The summed E-state index contributed by atoms with van der Waals surface area (Å²) in [5.74, 6) is 0. The first-order chi connectivity index (χ1) is 2.56. The van der Waals surface area contributed by atoms with E-state index in [1.54, 1.807) is 0 Å². The van der Waals surface area contributed by atoms with Crippen LogP contribution >= 0.6 is 24.8 Å². The van der Waals surface area contributed by atoms with E-state index in [1.807, 2.05) is 0 Å². The van der Waals surface area contributed by atoms with Crippen LogP contribution < -0.4 is 0 Å². The van der Waals surface area contributed by atoms with Gasteiger partial charge < -0.3 is 0 Å². The molecule has 0 nitrogen and oxygen atoms in total. The van der Waals surface area contributed by atoms with Crippen LogP contribution in [-0.4, -0.2) is 12.9 Å². The summed E-state index contributed by atoms with van der Waals surface area (Å²) in [5, 5.41) is 0. The van der Waals surface area contributed by atoms with Crippen LogP contribution in [0.4, 0.5) is 17.6 Å². The lowest BCUT2D eigenvalue weighted by molar-refractivity contribution is -0.142. The fraction of sp³-hybridized carbons (Fsp3) is 1.00. The van der Waals surface area contributed by atoms with Gasteiger partial charge in [-0.15, -0.1) is 24.8 Å². The van der Waals surface area contributed by atoms with E-state index < -0.39 is 12.9 Å². The predicted octanol–water partition coefficient (Wildman–Crippen LogP) is 2.36. The molecule has 0 N–H and O–H groups in total. The maximum Gasteiger partial charge on any atom is 0.416 e. The lowest BCUT2D eigenvalue weighted by Gasteiger charge is -1.93. The Labute approximate surface area is 56.1 Å². The Hall–Kier alpha value is 0.300. The van der Waals surface area contributed by atoms with E-state index in [-0.39, 0.29) is 24.8 Å². The van der Waals surface area contributed by atoms with Crippen molar-refractivity contribution in [1.82, 2.24) is 0 Å². The minimum Gasteiger partial charge on any atom is -0.241 e. The van der Waals surface area contributed by atoms with Crippen LogP contribution in [0.1, 0.15) is 0 Å². The molecule has 0 atom stereocenters. The summed E-state index contributed by atoms with van der Waals surface area (Å²) < 4.78 is 41.6. The van der Waals surface area contributed by atoms with Crippen molar-refractivity contribution in [2.75, 3.05) is 6.67 Å². The smallest absolute Gasteiger partial charge is 0.241 e. The molecule has 0 bridgehead atoms. The van der Waals surface area contributed by atoms with Crippen LogP contribution in [0.25, 0.3) is 0 Å². The van der Waals surface area contributed by atoms with Crippen molar-refractivity contribution in [3.63, 3.8) is 0 Å². The van der Waals surface area contributed by atoms with Crippen molar-refractivity contribution in [3.8, 4) is 0 Å². The molecule has 0 spiro atoms. The number of halogens is 6. The third kappa shape index (κ3) is 16.3. The van der Waals surface area contributed by atoms with E-state index in [0.717, 1.165) is 0 Å². The zero-order valence-electron chi connectivity index (χ0n) is 3.54. The first-order valence-electron chi connectivity index (χ1n) is 1.19. The molecule has 6 heteroatoms. The summed E-state index contributed by atoms with van der Waals surface area (Å²) in [7, 11) is 0. The zero-order valence-corrected chi connectivity index (χ0v) is 5.17. The molecule has 0 aromatic rings. The van der Waals surface area contributed by atoms with E-state index in [2.05, 4.69) is 0 Å². The van der Waals surface area contributed by atoms with Gasteiger partial charge in [-0.1, -0.05) is 0 Å². The average molecular weight is 175 g/mol. The van der Waals surface area contributed by atoms with E-state index in [4.69, 9.17) is 0 Å². The van der Waals surface area contributed by atoms with Crippen molar-refractivity contribution >= 4 is 24.8 Å². The lowest BCUT2D eigenvalue weighted by atomic mass is 10.8. The summed E-state index contributed by atoms with van der Waals surface area (Å²) in [6.07, 6.45) is -4.62. The summed E-state index contributed by atoms with van der Waals surface area (Å²) in [5.41, 5.74) is 0. The van der Waals surface area contributed by atoms with Crippen LogP contribution in [0.15, 0.2) is 0 Å². The van der Waals surface area contributed by atoms with Crippen molar-refractivity contribution in [3.05, 3.63) is 0 Å². The molecule has 0 aromatic carbocycles. The van der Waals surface area contributed by atoms with Gasteiger partial charge in [0.2, 0.25) is 0 Å². The van der Waals surface area contributed by atoms with Gasteiger partial charge in [0.15, 0.2) is 6.67 Å². The minimum absolute atomic E-state index is 0. The molecule has 0 amide bonds. The Balaban J connectivity index is -0.000000125. The van der Waals surface area contributed by atoms with Crippen LogP contribution in [0, 0.1) is 0 Å². The second kappa shape index (κ2) is 5.44. The summed E-state index contributed by atoms with van der Waals surface area (Å²) >= 11 is 0. The van der Waals surface area contributed by atoms with Crippen LogP contribution in [0.2, 0.25) is 0 Å². The van der Waals surface area contributed by atoms with Crippen LogP contribution in [0.5, 0.6) is 0 Å². The fourth-order valence-corrected chi connectivity index (χ4v) is 0. The normalized spacial score (nSPS) is 9.00. The van der Waals surface area contributed by atoms with E-state index in [1.165, 1.54) is 0 Å². The molecule has 0 aliphatic rings. The molecule has 0 radical (unpaired) electrons. The third-order valence-electron chi connectivity index (χ3n) is 0.152. The molecule has 0 unspecified atom stereocenters. The standard InChI is InChI=1S/C2H2F4.2ClH/c3-1-2(4,5)6;;/h1H2;2*1H. The van der Waals surface area contributed by atoms with Gasteiger partial charge in [0, 0.05) is 0 Å². The highest BCUT2D eigenvalue weighted by atomic mass is 35.5. The van der Waals surface area contributed by atoms with Crippen LogP contribution in [-0.2, 0) is 0 Å². The number of hydrogen-bond acceptors (Lipinski definition) is 0. The number of rotatable bonds is 0. The minimum atomic E-state index is -4.62. The largest absolute Gasteiger partial charge is 0.416 e. The highest BCUT2D eigenvalue weighted by Crippen LogP contribution is 2.13. The van der Waals surface area contributed by atoms with E-state index >= 15 is 0 Å². The van der Waals surface area contributed by atoms with Gasteiger partial charge in [-0.25, -0.2) is 4.39 Å². The molecule has 0 saturated heterocycles. The average Bonchev–Trinajstić information content (AvgIpc) is 1.35. The fourth-order valence-electron chi connectivity index (χ4n) is 0. The van der Waals surface area contributed by atoms with E-state index in [9.17, 15) is 17.6 Å². The molecule has 0 heterocycles. The first kappa shape index (κ1) is 15.7. The van der Waals surface area contributed by atoms with Crippen LogP contribution in [0.3, 0.4) is 0 Å². The Kier molecular flexibility index (Phi) is 10.7. The maximum absolute atomic E-state index is 10.4. The van der Waals surface area contributed by atoms with Crippen molar-refractivity contribution in [1.29, 1.82) is 0 Å². The maximum atomic E-state index is 10.4. The highest BCUT2D eigenvalue weighted by Gasteiger charge is 2.26. The summed E-state index contributed by atoms with van der Waals surface area (Å²) in [4.78, 5) is 0. The molecule has 0 fully saturated rings. The molecule has 0 saturated carbocycles. The Bertz CT molecular complexity index is 41.8. The quantitative estimate of drug-likeness (QED) is 0.495. The van der Waals surface area contributed by atoms with Gasteiger partial charge >= 0.3 is 6.18 Å². The first-order valence-corrected chi connectivity index (χ1v) is 1.19. The molecule has 0 aliphatic carbocycles. The van der Waals surface area contributed by atoms with Crippen molar-refractivity contribution < 1.29 is 17.6 Å². The lowest BCUT2D eigenvalue weighted by Crippen LogP contribution is -2.08. The Morgan fingerprint density at radius 3 is 1.12 bits per heavy atom. The molecule has 0 aromatic heterocycles. The van der Waals surface area contributed by atoms with E-state index in [0.29, 0.717) is 0 Å². The Morgan fingerprint density at radius 1 is 1.00 bits per heavy atom. The SMILES string of the molecule is Cl.Cl.FCC(F)(F)F. The second-order valence-electron chi connectivity index (χ2n) is 0.749. The predicted molar refractivity (Wildman–Crippen MR) is 26.5 cm³/mol. The van der Waals surface area contributed by atoms with Gasteiger partial charge in [-0.2, -0.15) is 13.2 Å².